The van der Waals surface area contributed by atoms with Crippen LogP contribution in [0.15, 0.2) is 24.3 Å². The summed E-state index contributed by atoms with van der Waals surface area (Å²) >= 11 is 0. The van der Waals surface area contributed by atoms with Gasteiger partial charge in [-0.05, 0) is 37.0 Å². The normalized spacial score (nSPS) is 19.8. The van der Waals surface area contributed by atoms with Gasteiger partial charge in [-0.1, -0.05) is 50.6 Å². The Morgan fingerprint density at radius 1 is 1.23 bits per heavy atom. The number of hydrogen-bond donors (Lipinski definition) is 0. The van der Waals surface area contributed by atoms with Crippen molar-refractivity contribution in [2.24, 2.45) is 0 Å². The van der Waals surface area contributed by atoms with Gasteiger partial charge in [-0.3, -0.25) is 4.79 Å². The van der Waals surface area contributed by atoms with Gasteiger partial charge in [0.2, 0.25) is 0 Å². The molecule has 1 aliphatic heterocycles. The molecule has 22 heavy (non-hydrogen) atoms. The zero-order valence-corrected chi connectivity index (χ0v) is 15.8. The summed E-state index contributed by atoms with van der Waals surface area (Å²) in [6, 6.07) is 8.40. The topological polar surface area (TPSA) is 29.5 Å². The molecule has 122 valence electrons. The molecule has 1 unspecified atom stereocenters. The number of hydrogen-bond acceptors (Lipinski definition) is 2. The van der Waals surface area contributed by atoms with E-state index in [4.69, 9.17) is 4.43 Å². The smallest absolute Gasteiger partial charge is 0.250 e. The Morgan fingerprint density at radius 2 is 1.82 bits per heavy atom. The Labute approximate surface area is 135 Å². The molecule has 2 rings (SSSR count). The lowest BCUT2D eigenvalue weighted by Crippen LogP contribution is -2.46. The highest BCUT2D eigenvalue weighted by Gasteiger charge is 2.43. The molecule has 1 fully saturated rings. The second-order valence-electron chi connectivity index (χ2n) is 7.90. The molecule has 0 aliphatic carbocycles. The monoisotopic (exact) mass is 319 g/mol. The molecule has 0 radical (unpaired) electrons. The van der Waals surface area contributed by atoms with Gasteiger partial charge in [-0.25, -0.2) is 0 Å². The number of likely N-dealkylation sites (tertiary alicyclic amines) is 1. The predicted molar refractivity (Wildman–Crippen MR) is 93.3 cm³/mol. The molecule has 3 nitrogen and oxygen atoms in total. The molecule has 0 aromatic heterocycles. The summed E-state index contributed by atoms with van der Waals surface area (Å²) < 4.78 is 6.31. The maximum Gasteiger partial charge on any atom is 0.250 e. The number of carbonyl (C=O) groups excluding carboxylic acids is 1. The fourth-order valence-corrected chi connectivity index (χ4v) is 3.71. The SMILES string of the molecule is Cc1ccc(CN2CCC(O[Si](C)(C)C(C)(C)C)C2=O)cc1. The Kier molecular flexibility index (Phi) is 4.83. The first-order valence-electron chi connectivity index (χ1n) is 8.12. The molecular formula is C18H29NO2Si. The minimum Gasteiger partial charge on any atom is -0.405 e. The van der Waals surface area contributed by atoms with Gasteiger partial charge in [0.05, 0.1) is 0 Å². The number of carbonyl (C=O) groups is 1. The van der Waals surface area contributed by atoms with Crippen molar-refractivity contribution in [3.8, 4) is 0 Å². The highest BCUT2D eigenvalue weighted by atomic mass is 28.4. The number of nitrogens with zero attached hydrogens (tertiary/aromatic N) is 1. The molecule has 0 N–H and O–H groups in total. The molecule has 1 atom stereocenters. The molecule has 1 amide bonds. The minimum atomic E-state index is -1.89. The van der Waals surface area contributed by atoms with Crippen LogP contribution in [0.2, 0.25) is 18.1 Å². The van der Waals surface area contributed by atoms with Crippen molar-refractivity contribution in [1.29, 1.82) is 0 Å². The van der Waals surface area contributed by atoms with E-state index >= 15 is 0 Å². The van der Waals surface area contributed by atoms with Gasteiger partial charge >= 0.3 is 0 Å². The molecular weight excluding hydrogens is 290 g/mol. The lowest BCUT2D eigenvalue weighted by Gasteiger charge is -2.37. The third-order valence-corrected chi connectivity index (χ3v) is 9.47. The third-order valence-electron chi connectivity index (χ3n) is 4.99. The summed E-state index contributed by atoms with van der Waals surface area (Å²) in [5, 5.41) is 0.137. The second-order valence-corrected chi connectivity index (χ2v) is 12.7. The quantitative estimate of drug-likeness (QED) is 0.781. The van der Waals surface area contributed by atoms with E-state index in [-0.39, 0.29) is 17.0 Å². The first-order valence-corrected chi connectivity index (χ1v) is 11.0. The summed E-state index contributed by atoms with van der Waals surface area (Å²) in [5.41, 5.74) is 2.43. The van der Waals surface area contributed by atoms with E-state index in [1.165, 1.54) is 11.1 Å². The van der Waals surface area contributed by atoms with Crippen molar-refractivity contribution in [2.45, 2.75) is 64.9 Å². The van der Waals surface area contributed by atoms with Crippen LogP contribution in [-0.4, -0.2) is 31.8 Å². The molecule has 1 aliphatic rings. The molecule has 1 heterocycles. The Hall–Kier alpha value is -1.13. The molecule has 1 aromatic carbocycles. The van der Waals surface area contributed by atoms with Crippen LogP contribution in [0, 0.1) is 6.92 Å². The van der Waals surface area contributed by atoms with E-state index in [2.05, 4.69) is 65.1 Å². The van der Waals surface area contributed by atoms with Gasteiger partial charge in [0, 0.05) is 13.1 Å². The summed E-state index contributed by atoms with van der Waals surface area (Å²) in [5.74, 6) is 0.158. The van der Waals surface area contributed by atoms with E-state index in [0.29, 0.717) is 6.54 Å². The first kappa shape index (κ1) is 17.2. The van der Waals surface area contributed by atoms with E-state index < -0.39 is 8.32 Å². The van der Waals surface area contributed by atoms with Crippen LogP contribution in [0.5, 0.6) is 0 Å². The van der Waals surface area contributed by atoms with E-state index in [9.17, 15) is 4.79 Å². The van der Waals surface area contributed by atoms with E-state index in [0.717, 1.165) is 13.0 Å². The van der Waals surface area contributed by atoms with E-state index in [1.807, 2.05) is 4.90 Å². The third kappa shape index (κ3) is 3.79. The fraction of sp³-hybridized carbons (Fsp3) is 0.611. The van der Waals surface area contributed by atoms with Crippen LogP contribution in [0.3, 0.4) is 0 Å². The maximum atomic E-state index is 12.6. The van der Waals surface area contributed by atoms with Crippen molar-refractivity contribution in [3.05, 3.63) is 35.4 Å². The number of aryl methyl sites for hydroxylation is 1. The largest absolute Gasteiger partial charge is 0.405 e. The number of rotatable bonds is 4. The average molecular weight is 320 g/mol. The van der Waals surface area contributed by atoms with Crippen molar-refractivity contribution >= 4 is 14.2 Å². The summed E-state index contributed by atoms with van der Waals surface area (Å²) in [7, 11) is -1.89. The zero-order chi connectivity index (χ0) is 16.5. The van der Waals surface area contributed by atoms with Crippen molar-refractivity contribution in [3.63, 3.8) is 0 Å². The Bertz CT molecular complexity index is 531. The summed E-state index contributed by atoms with van der Waals surface area (Å²) in [4.78, 5) is 14.5. The molecule has 4 heteroatoms. The van der Waals surface area contributed by atoms with Gasteiger partial charge in [-0.2, -0.15) is 0 Å². The Balaban J connectivity index is 1.99. The summed E-state index contributed by atoms with van der Waals surface area (Å²) in [6.45, 7) is 14.6. The van der Waals surface area contributed by atoms with Crippen LogP contribution in [-0.2, 0) is 15.8 Å². The lowest BCUT2D eigenvalue weighted by molar-refractivity contribution is -0.134. The molecule has 0 saturated carbocycles. The lowest BCUT2D eigenvalue weighted by atomic mass is 10.1. The summed E-state index contributed by atoms with van der Waals surface area (Å²) in [6.07, 6.45) is 0.573. The molecule has 1 saturated heterocycles. The van der Waals surface area contributed by atoms with Crippen LogP contribution >= 0.6 is 0 Å². The highest BCUT2D eigenvalue weighted by Crippen LogP contribution is 2.38. The van der Waals surface area contributed by atoms with Gasteiger partial charge in [0.25, 0.3) is 5.91 Å². The molecule has 0 bridgehead atoms. The van der Waals surface area contributed by atoms with Gasteiger partial charge < -0.3 is 9.33 Å². The van der Waals surface area contributed by atoms with Crippen molar-refractivity contribution in [1.82, 2.24) is 4.90 Å². The number of benzene rings is 1. The first-order chi connectivity index (χ1) is 10.1. The van der Waals surface area contributed by atoms with Gasteiger partial charge in [-0.15, -0.1) is 0 Å². The Morgan fingerprint density at radius 3 is 2.36 bits per heavy atom. The van der Waals surface area contributed by atoms with Crippen LogP contribution in [0.1, 0.15) is 38.3 Å². The minimum absolute atomic E-state index is 0.137. The molecule has 1 aromatic rings. The maximum absolute atomic E-state index is 12.6. The predicted octanol–water partition coefficient (Wildman–Crippen LogP) is 4.12. The van der Waals surface area contributed by atoms with Crippen molar-refractivity contribution < 1.29 is 9.22 Å². The van der Waals surface area contributed by atoms with Gasteiger partial charge in [0.15, 0.2) is 8.32 Å². The average Bonchev–Trinajstić information content (AvgIpc) is 2.72. The fourth-order valence-electron chi connectivity index (χ4n) is 2.42. The van der Waals surface area contributed by atoms with Crippen LogP contribution in [0.4, 0.5) is 0 Å². The number of amides is 1. The van der Waals surface area contributed by atoms with E-state index in [1.54, 1.807) is 0 Å². The standard InChI is InChI=1S/C18H29NO2Si/c1-14-7-9-15(10-8-14)13-19-12-11-16(17(19)20)21-22(5,6)18(2,3)4/h7-10,16H,11-13H2,1-6H3. The zero-order valence-electron chi connectivity index (χ0n) is 14.8. The molecule has 0 spiro atoms. The van der Waals surface area contributed by atoms with Crippen LogP contribution in [0.25, 0.3) is 0 Å². The second kappa shape index (κ2) is 6.17. The highest BCUT2D eigenvalue weighted by molar-refractivity contribution is 6.74. The van der Waals surface area contributed by atoms with Gasteiger partial charge in [0.1, 0.15) is 6.10 Å². The van der Waals surface area contributed by atoms with Crippen molar-refractivity contribution in [2.75, 3.05) is 6.54 Å². The van der Waals surface area contributed by atoms with Crippen LogP contribution < -0.4 is 0 Å².